The van der Waals surface area contributed by atoms with Gasteiger partial charge in [-0.25, -0.2) is 0 Å². The van der Waals surface area contributed by atoms with Gasteiger partial charge in [-0.3, -0.25) is 9.59 Å². The number of ether oxygens (including phenoxy) is 3. The first-order valence-electron chi connectivity index (χ1n) is 11.5. The van der Waals surface area contributed by atoms with Crippen LogP contribution in [0.25, 0.3) is 0 Å². The lowest BCUT2D eigenvalue weighted by molar-refractivity contribution is -0.136. The Kier molecular flexibility index (Phi) is 7.06. The lowest BCUT2D eigenvalue weighted by Gasteiger charge is -2.31. The topological polar surface area (TPSA) is 68.3 Å². The van der Waals surface area contributed by atoms with E-state index in [1.807, 2.05) is 47.4 Å². The Labute approximate surface area is 195 Å². The highest BCUT2D eigenvalue weighted by atomic mass is 16.5. The molecule has 2 atom stereocenters. The van der Waals surface area contributed by atoms with Crippen molar-refractivity contribution in [2.75, 3.05) is 47.5 Å². The van der Waals surface area contributed by atoms with Gasteiger partial charge in [0.2, 0.25) is 11.7 Å². The van der Waals surface area contributed by atoms with E-state index in [-0.39, 0.29) is 23.7 Å². The van der Waals surface area contributed by atoms with Gasteiger partial charge < -0.3 is 24.0 Å². The van der Waals surface area contributed by atoms with Gasteiger partial charge in [0.25, 0.3) is 5.91 Å². The molecule has 2 saturated heterocycles. The SMILES string of the molecule is COc1cc(C2CN(C(=O)c3ccccc3)CC2C(=O)N2CCCCC2)cc(OC)c1OC. The molecule has 2 aliphatic rings. The minimum absolute atomic E-state index is 0.0537. The van der Waals surface area contributed by atoms with Gasteiger partial charge in [-0.1, -0.05) is 18.2 Å². The summed E-state index contributed by atoms with van der Waals surface area (Å²) in [5.74, 6) is 1.18. The molecule has 2 aliphatic heterocycles. The fourth-order valence-electron chi connectivity index (χ4n) is 4.99. The lowest BCUT2D eigenvalue weighted by atomic mass is 9.87. The fourth-order valence-corrected chi connectivity index (χ4v) is 4.99. The van der Waals surface area contributed by atoms with Crippen molar-refractivity contribution < 1.29 is 23.8 Å². The Hall–Kier alpha value is -3.22. The molecule has 4 rings (SSSR count). The second-order valence-corrected chi connectivity index (χ2v) is 8.63. The lowest BCUT2D eigenvalue weighted by Crippen LogP contribution is -2.42. The van der Waals surface area contributed by atoms with E-state index in [0.717, 1.165) is 37.9 Å². The standard InChI is InChI=1S/C26H32N2O5/c1-31-22-14-19(15-23(32-2)24(22)33-3)20-16-28(25(29)18-10-6-4-7-11-18)17-21(20)26(30)27-12-8-5-9-13-27/h4,6-7,10-11,14-15,20-21H,5,8-9,12-13,16-17H2,1-3H3. The number of nitrogens with zero attached hydrogens (tertiary/aromatic N) is 2. The maximum absolute atomic E-state index is 13.6. The van der Waals surface area contributed by atoms with E-state index in [4.69, 9.17) is 14.2 Å². The van der Waals surface area contributed by atoms with Crippen LogP contribution in [0.15, 0.2) is 42.5 Å². The third-order valence-electron chi connectivity index (χ3n) is 6.73. The second-order valence-electron chi connectivity index (χ2n) is 8.63. The van der Waals surface area contributed by atoms with Crippen LogP contribution in [0, 0.1) is 5.92 Å². The first-order valence-corrected chi connectivity index (χ1v) is 11.5. The van der Waals surface area contributed by atoms with Crippen molar-refractivity contribution in [3.63, 3.8) is 0 Å². The number of carbonyl (C=O) groups excluding carboxylic acids is 2. The van der Waals surface area contributed by atoms with Crippen molar-refractivity contribution in [1.82, 2.24) is 9.80 Å². The normalized spacial score (nSPS) is 20.5. The van der Waals surface area contributed by atoms with Crippen LogP contribution in [0.1, 0.15) is 41.1 Å². The van der Waals surface area contributed by atoms with Crippen LogP contribution < -0.4 is 14.2 Å². The molecule has 176 valence electrons. The van der Waals surface area contributed by atoms with Crippen molar-refractivity contribution in [2.45, 2.75) is 25.2 Å². The molecule has 2 aromatic carbocycles. The second kappa shape index (κ2) is 10.1. The van der Waals surface area contributed by atoms with Gasteiger partial charge in [0, 0.05) is 37.7 Å². The van der Waals surface area contributed by atoms with Crippen LogP contribution in [0.5, 0.6) is 17.2 Å². The fraction of sp³-hybridized carbons (Fsp3) is 0.462. The molecule has 7 nitrogen and oxygen atoms in total. The van der Waals surface area contributed by atoms with Crippen molar-refractivity contribution >= 4 is 11.8 Å². The Morgan fingerprint density at radius 1 is 0.818 bits per heavy atom. The average molecular weight is 453 g/mol. The highest BCUT2D eigenvalue weighted by Crippen LogP contribution is 2.43. The molecular formula is C26H32N2O5. The van der Waals surface area contributed by atoms with Crippen molar-refractivity contribution in [2.24, 2.45) is 5.92 Å². The summed E-state index contributed by atoms with van der Waals surface area (Å²) < 4.78 is 16.6. The maximum atomic E-state index is 13.6. The molecule has 2 fully saturated rings. The van der Waals surface area contributed by atoms with Crippen molar-refractivity contribution in [3.05, 3.63) is 53.6 Å². The number of amides is 2. The quantitative estimate of drug-likeness (QED) is 0.670. The Balaban J connectivity index is 1.69. The zero-order chi connectivity index (χ0) is 23.4. The number of carbonyl (C=O) groups is 2. The zero-order valence-electron chi connectivity index (χ0n) is 19.6. The molecule has 2 unspecified atom stereocenters. The molecule has 0 aromatic heterocycles. The summed E-state index contributed by atoms with van der Waals surface area (Å²) in [7, 11) is 4.73. The highest BCUT2D eigenvalue weighted by Gasteiger charge is 2.43. The molecule has 2 aromatic rings. The first-order chi connectivity index (χ1) is 16.1. The van der Waals surface area contributed by atoms with Crippen molar-refractivity contribution in [3.8, 4) is 17.2 Å². The molecule has 2 heterocycles. The van der Waals surface area contributed by atoms with E-state index in [2.05, 4.69) is 0 Å². The first kappa shape index (κ1) is 23.0. The molecular weight excluding hydrogens is 420 g/mol. The van der Waals surface area contributed by atoms with Crippen molar-refractivity contribution in [1.29, 1.82) is 0 Å². The van der Waals surface area contributed by atoms with Crippen LogP contribution in [-0.4, -0.2) is 69.1 Å². The zero-order valence-corrected chi connectivity index (χ0v) is 19.6. The Morgan fingerprint density at radius 3 is 2.03 bits per heavy atom. The summed E-state index contributed by atoms with van der Waals surface area (Å²) in [6.07, 6.45) is 3.21. The van der Waals surface area contributed by atoms with Gasteiger partial charge in [0.15, 0.2) is 11.5 Å². The highest BCUT2D eigenvalue weighted by molar-refractivity contribution is 5.95. The Morgan fingerprint density at radius 2 is 1.45 bits per heavy atom. The summed E-state index contributed by atoms with van der Waals surface area (Å²) in [6.45, 7) is 2.41. The summed E-state index contributed by atoms with van der Waals surface area (Å²) in [5, 5.41) is 0. The van der Waals surface area contributed by atoms with Gasteiger partial charge >= 0.3 is 0 Å². The van der Waals surface area contributed by atoms with E-state index in [9.17, 15) is 9.59 Å². The molecule has 0 radical (unpaired) electrons. The van der Waals surface area contributed by atoms with Gasteiger partial charge in [-0.2, -0.15) is 0 Å². The van der Waals surface area contributed by atoms with Gasteiger partial charge in [0.05, 0.1) is 27.2 Å². The third-order valence-corrected chi connectivity index (χ3v) is 6.73. The molecule has 33 heavy (non-hydrogen) atoms. The predicted octanol–water partition coefficient (Wildman–Crippen LogP) is 3.58. The van der Waals surface area contributed by atoms with Crippen LogP contribution in [0.4, 0.5) is 0 Å². The van der Waals surface area contributed by atoms with E-state index in [1.54, 1.807) is 26.2 Å². The smallest absolute Gasteiger partial charge is 0.253 e. The van der Waals surface area contributed by atoms with Crippen LogP contribution in [0.2, 0.25) is 0 Å². The largest absolute Gasteiger partial charge is 0.493 e. The van der Waals surface area contributed by atoms with Crippen LogP contribution in [0.3, 0.4) is 0 Å². The number of hydrogen-bond acceptors (Lipinski definition) is 5. The molecule has 0 N–H and O–H groups in total. The third kappa shape index (κ3) is 4.63. The maximum Gasteiger partial charge on any atom is 0.253 e. The number of benzene rings is 2. The van der Waals surface area contributed by atoms with Gasteiger partial charge in [0.1, 0.15) is 0 Å². The Bertz CT molecular complexity index is 962. The van der Waals surface area contributed by atoms with Gasteiger partial charge in [-0.05, 0) is 49.1 Å². The summed E-state index contributed by atoms with van der Waals surface area (Å²) >= 11 is 0. The minimum Gasteiger partial charge on any atom is -0.493 e. The minimum atomic E-state index is -0.321. The molecule has 0 bridgehead atoms. The average Bonchev–Trinajstić information content (AvgIpc) is 3.33. The van der Waals surface area contributed by atoms with E-state index in [1.165, 1.54) is 0 Å². The van der Waals surface area contributed by atoms with Crippen LogP contribution in [-0.2, 0) is 4.79 Å². The molecule has 2 amide bonds. The summed E-state index contributed by atoms with van der Waals surface area (Å²) in [5.41, 5.74) is 1.54. The van der Waals surface area contributed by atoms with E-state index >= 15 is 0 Å². The number of hydrogen-bond donors (Lipinski definition) is 0. The van der Waals surface area contributed by atoms with Crippen LogP contribution >= 0.6 is 0 Å². The van der Waals surface area contributed by atoms with Gasteiger partial charge in [-0.15, -0.1) is 0 Å². The number of rotatable bonds is 6. The monoisotopic (exact) mass is 452 g/mol. The summed E-state index contributed by atoms with van der Waals surface area (Å²) in [4.78, 5) is 30.6. The predicted molar refractivity (Wildman–Crippen MR) is 125 cm³/mol. The molecule has 7 heteroatoms. The van der Waals surface area contributed by atoms with E-state index in [0.29, 0.717) is 35.9 Å². The number of likely N-dealkylation sites (tertiary alicyclic amines) is 2. The van der Waals surface area contributed by atoms with E-state index < -0.39 is 0 Å². The molecule has 0 spiro atoms. The summed E-state index contributed by atoms with van der Waals surface area (Å²) in [6, 6.07) is 13.0. The molecule has 0 aliphatic carbocycles. The number of methoxy groups -OCH3 is 3. The number of piperidine rings is 1. The molecule has 0 saturated carbocycles.